The first-order chi connectivity index (χ1) is 19.5. The van der Waals surface area contributed by atoms with Crippen LogP contribution in [-0.4, -0.2) is 47.1 Å². The van der Waals surface area contributed by atoms with Crippen LogP contribution in [0.4, 0.5) is 0 Å². The number of unbranched alkanes of at least 4 members (excludes halogenated alkanes) is 3. The number of methoxy groups -OCH3 is 2. The van der Waals surface area contributed by atoms with E-state index in [4.69, 9.17) is 31.2 Å². The summed E-state index contributed by atoms with van der Waals surface area (Å²) in [6.45, 7) is 0.227. The summed E-state index contributed by atoms with van der Waals surface area (Å²) >= 11 is 7.26. The minimum absolute atomic E-state index is 0.0439. The summed E-state index contributed by atoms with van der Waals surface area (Å²) in [5.41, 5.74) is 1.93. The number of hydrogen-bond acceptors (Lipinski definition) is 7. The molecular formula is C32H39NO5S2. The second kappa shape index (κ2) is 11.9. The summed E-state index contributed by atoms with van der Waals surface area (Å²) < 4.78 is 18.1. The molecule has 4 saturated carbocycles. The number of carbonyl (C=O) groups excluding carboxylic acids is 1. The maximum Gasteiger partial charge on any atom is 0.266 e. The standard InChI is InChI=1S/C32H39NO5S2/c1-36-25-14-22(15-26(17-25)37-2)27-16-21(7-5-3-4-6-8-34)28(38-27)18-29-31(35)33(32(39)40-29)30-23-10-19-9-20(12-23)13-24(30)11-19/h14-20,23-24,30,34H,3-13H2,1-2H3. The molecule has 2 heterocycles. The highest BCUT2D eigenvalue weighted by molar-refractivity contribution is 8.26. The number of hydrogen-bond donors (Lipinski definition) is 1. The molecule has 5 fully saturated rings. The lowest BCUT2D eigenvalue weighted by molar-refractivity contribution is -0.130. The van der Waals surface area contributed by atoms with Gasteiger partial charge in [0.25, 0.3) is 5.91 Å². The third-order valence-electron chi connectivity index (χ3n) is 9.39. The van der Waals surface area contributed by atoms with E-state index in [1.807, 2.05) is 29.2 Å². The topological polar surface area (TPSA) is 72.1 Å². The number of thiocarbonyl (C=S) groups is 1. The number of amides is 1. The van der Waals surface area contributed by atoms with Gasteiger partial charge in [0, 0.05) is 30.4 Å². The van der Waals surface area contributed by atoms with E-state index in [1.54, 1.807) is 14.2 Å². The van der Waals surface area contributed by atoms with Crippen molar-refractivity contribution in [2.24, 2.45) is 23.7 Å². The monoisotopic (exact) mass is 581 g/mol. The number of rotatable bonds is 11. The van der Waals surface area contributed by atoms with E-state index in [1.165, 1.54) is 43.9 Å². The highest BCUT2D eigenvalue weighted by Gasteiger charge is 2.53. The lowest BCUT2D eigenvalue weighted by atomic mass is 9.54. The van der Waals surface area contributed by atoms with Crippen molar-refractivity contribution in [2.75, 3.05) is 20.8 Å². The Morgan fingerprint density at radius 1 is 0.975 bits per heavy atom. The van der Waals surface area contributed by atoms with Gasteiger partial charge in [0.15, 0.2) is 0 Å². The Bertz CT molecular complexity index is 1250. The van der Waals surface area contributed by atoms with Crippen molar-refractivity contribution in [3.63, 3.8) is 0 Å². The zero-order chi connectivity index (χ0) is 27.8. The van der Waals surface area contributed by atoms with E-state index < -0.39 is 0 Å². The molecule has 5 aliphatic rings. The quantitative estimate of drug-likeness (QED) is 0.173. The van der Waals surface area contributed by atoms with Crippen molar-refractivity contribution in [3.8, 4) is 22.8 Å². The summed E-state index contributed by atoms with van der Waals surface area (Å²) in [6, 6.07) is 8.04. The molecule has 4 bridgehead atoms. The van der Waals surface area contributed by atoms with Gasteiger partial charge in [-0.25, -0.2) is 0 Å². The fourth-order valence-corrected chi connectivity index (χ4v) is 9.12. The van der Waals surface area contributed by atoms with Crippen molar-refractivity contribution >= 4 is 40.3 Å². The molecule has 1 aromatic carbocycles. The lowest BCUT2D eigenvalue weighted by Gasteiger charge is -2.56. The average molecular weight is 582 g/mol. The van der Waals surface area contributed by atoms with Crippen LogP contribution in [-0.2, 0) is 11.2 Å². The molecule has 0 spiro atoms. The molecule has 8 heteroatoms. The Labute approximate surface area is 246 Å². The van der Waals surface area contributed by atoms with Crippen LogP contribution < -0.4 is 9.47 Å². The van der Waals surface area contributed by atoms with Crippen LogP contribution in [0.5, 0.6) is 11.5 Å². The molecule has 0 radical (unpaired) electrons. The molecule has 0 atom stereocenters. The van der Waals surface area contributed by atoms with E-state index in [0.717, 1.165) is 55.1 Å². The maximum atomic E-state index is 13.9. The molecule has 6 nitrogen and oxygen atoms in total. The van der Waals surface area contributed by atoms with E-state index in [-0.39, 0.29) is 18.6 Å². The fourth-order valence-electron chi connectivity index (χ4n) is 7.81. The van der Waals surface area contributed by atoms with Gasteiger partial charge in [-0.15, -0.1) is 0 Å². The summed E-state index contributed by atoms with van der Waals surface area (Å²) in [5.74, 6) is 5.73. The van der Waals surface area contributed by atoms with E-state index in [0.29, 0.717) is 44.1 Å². The summed E-state index contributed by atoms with van der Waals surface area (Å²) in [7, 11) is 3.27. The number of benzene rings is 1. The molecule has 4 aliphatic carbocycles. The predicted octanol–water partition coefficient (Wildman–Crippen LogP) is 7.08. The van der Waals surface area contributed by atoms with Crippen molar-refractivity contribution in [1.29, 1.82) is 0 Å². The number of furan rings is 1. The van der Waals surface area contributed by atoms with Crippen molar-refractivity contribution in [1.82, 2.24) is 4.90 Å². The molecule has 214 valence electrons. The van der Waals surface area contributed by atoms with Crippen LogP contribution in [0.2, 0.25) is 0 Å². The number of aliphatic hydroxyl groups excluding tert-OH is 1. The van der Waals surface area contributed by atoms with E-state index in [2.05, 4.69) is 6.07 Å². The molecule has 7 rings (SSSR count). The summed E-state index contributed by atoms with van der Waals surface area (Å²) in [5, 5.41) is 9.14. The number of ether oxygens (including phenoxy) is 2. The first kappa shape index (κ1) is 27.9. The molecular weight excluding hydrogens is 542 g/mol. The number of aliphatic hydroxyl groups is 1. The van der Waals surface area contributed by atoms with E-state index >= 15 is 0 Å². The average Bonchev–Trinajstić information content (AvgIpc) is 3.47. The molecule has 1 amide bonds. The third-order valence-corrected chi connectivity index (χ3v) is 10.7. The Morgan fingerprint density at radius 2 is 1.62 bits per heavy atom. The first-order valence-electron chi connectivity index (χ1n) is 14.7. The van der Waals surface area contributed by atoms with Gasteiger partial charge in [0.05, 0.1) is 19.1 Å². The first-order valence-corrected chi connectivity index (χ1v) is 15.9. The third kappa shape index (κ3) is 5.47. The zero-order valence-corrected chi connectivity index (χ0v) is 25.0. The highest BCUT2D eigenvalue weighted by atomic mass is 32.2. The molecule has 1 saturated heterocycles. The minimum atomic E-state index is 0.0439. The zero-order valence-electron chi connectivity index (χ0n) is 23.4. The number of nitrogens with zero attached hydrogens (tertiary/aromatic N) is 1. The van der Waals surface area contributed by atoms with Crippen LogP contribution in [0.1, 0.15) is 69.1 Å². The maximum absolute atomic E-state index is 13.9. The molecule has 40 heavy (non-hydrogen) atoms. The number of carbonyl (C=O) groups is 1. The van der Waals surface area contributed by atoms with Gasteiger partial charge >= 0.3 is 0 Å². The van der Waals surface area contributed by atoms with Gasteiger partial charge in [0.2, 0.25) is 0 Å². The molecule has 0 unspecified atom stereocenters. The van der Waals surface area contributed by atoms with Gasteiger partial charge in [-0.05, 0) is 98.8 Å². The lowest BCUT2D eigenvalue weighted by Crippen LogP contribution is -2.57. The van der Waals surface area contributed by atoms with Gasteiger partial charge < -0.3 is 19.0 Å². The SMILES string of the molecule is COc1cc(OC)cc(-c2cc(CCCCCCO)c(C=C3SC(=S)N(C4C5CC6CC(C5)CC4C6)C3=O)o2)c1. The molecule has 2 aromatic rings. The second-order valence-electron chi connectivity index (χ2n) is 12.0. The molecule has 1 aromatic heterocycles. The fraction of sp³-hybridized carbons (Fsp3) is 0.562. The predicted molar refractivity (Wildman–Crippen MR) is 162 cm³/mol. The van der Waals surface area contributed by atoms with Crippen LogP contribution in [0.15, 0.2) is 33.6 Å². The van der Waals surface area contributed by atoms with Crippen LogP contribution >= 0.6 is 24.0 Å². The van der Waals surface area contributed by atoms with E-state index in [9.17, 15) is 4.79 Å². The Kier molecular flexibility index (Phi) is 8.29. The normalized spacial score (nSPS) is 28.2. The summed E-state index contributed by atoms with van der Waals surface area (Å²) in [6.07, 6.45) is 13.0. The highest BCUT2D eigenvalue weighted by Crippen LogP contribution is 2.56. The van der Waals surface area contributed by atoms with Gasteiger partial charge in [-0.1, -0.05) is 36.8 Å². The smallest absolute Gasteiger partial charge is 0.266 e. The van der Waals surface area contributed by atoms with Crippen LogP contribution in [0.3, 0.4) is 0 Å². The van der Waals surface area contributed by atoms with Gasteiger partial charge in [0.1, 0.15) is 27.3 Å². The van der Waals surface area contributed by atoms with Gasteiger partial charge in [-0.3, -0.25) is 9.69 Å². The van der Waals surface area contributed by atoms with Gasteiger partial charge in [-0.2, -0.15) is 0 Å². The summed E-state index contributed by atoms with van der Waals surface area (Å²) in [4.78, 5) is 16.5. The number of thioether (sulfide) groups is 1. The van der Waals surface area contributed by atoms with Crippen molar-refractivity contribution < 1.29 is 23.8 Å². The largest absolute Gasteiger partial charge is 0.497 e. The van der Waals surface area contributed by atoms with Crippen LogP contribution in [0, 0.1) is 23.7 Å². The molecule has 1 aliphatic heterocycles. The van der Waals surface area contributed by atoms with Crippen molar-refractivity contribution in [3.05, 3.63) is 40.5 Å². The second-order valence-corrected chi connectivity index (χ2v) is 13.6. The van der Waals surface area contributed by atoms with Crippen LogP contribution in [0.25, 0.3) is 17.4 Å². The van der Waals surface area contributed by atoms with Crippen molar-refractivity contribution in [2.45, 2.75) is 70.3 Å². The number of aryl methyl sites for hydroxylation is 1. The Hall–Kier alpha value is -2.29. The Morgan fingerprint density at radius 3 is 2.25 bits per heavy atom. The minimum Gasteiger partial charge on any atom is -0.497 e. The Balaban J connectivity index is 1.28. The molecule has 1 N–H and O–H groups in total.